The second kappa shape index (κ2) is 5.26. The minimum Gasteiger partial charge on any atom is -0.147 e. The van der Waals surface area contributed by atoms with E-state index < -0.39 is 0 Å². The minimum atomic E-state index is 0. The van der Waals surface area contributed by atoms with Gasteiger partial charge in [0.05, 0.1) is 0 Å². The molecule has 0 radical (unpaired) electrons. The maximum absolute atomic E-state index is 5.17. The van der Waals surface area contributed by atoms with Crippen molar-refractivity contribution in [3.63, 3.8) is 0 Å². The van der Waals surface area contributed by atoms with Crippen molar-refractivity contribution >= 4 is 24.0 Å². The minimum absolute atomic E-state index is 0. The molecule has 0 aliphatic rings. The Kier molecular flexibility index (Phi) is 10.0. The first-order chi connectivity index (χ1) is 1.73. The molecule has 0 nitrogen and oxygen atoms in total. The Morgan fingerprint density at radius 2 is 1.80 bits per heavy atom. The Balaban J connectivity index is 0. The van der Waals surface area contributed by atoms with Crippen molar-refractivity contribution in [1.82, 2.24) is 0 Å². The van der Waals surface area contributed by atoms with Crippen molar-refractivity contribution in [2.24, 2.45) is 0 Å². The Labute approximate surface area is 59.0 Å². The van der Waals surface area contributed by atoms with E-state index in [1.807, 2.05) is 0 Å². The van der Waals surface area contributed by atoms with Gasteiger partial charge in [-0.1, -0.05) is 0 Å². The normalized spacial score (nSPS) is 5.40. The van der Waals surface area contributed by atoms with Gasteiger partial charge in [0.2, 0.25) is 0 Å². The van der Waals surface area contributed by atoms with E-state index in [2.05, 4.69) is 6.58 Å². The SMILES string of the molecule is C=[C](Cl)[Hg].Cl. The summed E-state index contributed by atoms with van der Waals surface area (Å²) in [6.45, 7) is 3.41. The molecule has 0 aromatic carbocycles. The van der Waals surface area contributed by atoms with Gasteiger partial charge in [-0.15, -0.1) is 12.4 Å². The van der Waals surface area contributed by atoms with Gasteiger partial charge in [0, 0.05) is 0 Å². The molecule has 0 saturated carbocycles. The van der Waals surface area contributed by atoms with Crippen LogP contribution in [-0.4, -0.2) is 0 Å². The van der Waals surface area contributed by atoms with Gasteiger partial charge in [-0.3, -0.25) is 0 Å². The smallest absolute Gasteiger partial charge is 0.147 e. The first-order valence-corrected chi connectivity index (χ1v) is 4.02. The zero-order valence-electron chi connectivity index (χ0n) is 2.70. The molecule has 0 saturated heterocycles. The topological polar surface area (TPSA) is 0 Å². The summed E-state index contributed by atoms with van der Waals surface area (Å²) in [5, 5.41) is 0. The van der Waals surface area contributed by atoms with Gasteiger partial charge in [-0.2, -0.15) is 0 Å². The van der Waals surface area contributed by atoms with Crippen molar-refractivity contribution in [3.05, 3.63) is 9.12 Å². The molecule has 27 valence electrons. The molecular weight excluding hydrogens is 296 g/mol. The fraction of sp³-hybridized carbons (Fsp3) is 0. The first-order valence-electron chi connectivity index (χ1n) is 0.896. The zero-order chi connectivity index (χ0) is 3.58. The van der Waals surface area contributed by atoms with Gasteiger partial charge in [0.25, 0.3) is 0 Å². The molecule has 0 spiro atoms. The van der Waals surface area contributed by atoms with Crippen LogP contribution in [-0.2, 0) is 26.1 Å². The molecule has 0 aromatic heterocycles. The molecule has 0 N–H and O–H groups in total. The second-order valence-corrected chi connectivity index (χ2v) is 6.11. The molecule has 0 atom stereocenters. The molecule has 0 rings (SSSR count). The predicted octanol–water partition coefficient (Wildman–Crippen LogP) is 1.67. The van der Waals surface area contributed by atoms with Crippen LogP contribution in [0.5, 0.6) is 0 Å². The fourth-order valence-corrected chi connectivity index (χ4v) is 0. The third-order valence-corrected chi connectivity index (χ3v) is 0. The Morgan fingerprint density at radius 1 is 1.80 bits per heavy atom. The van der Waals surface area contributed by atoms with Gasteiger partial charge in [0.1, 0.15) is 0 Å². The van der Waals surface area contributed by atoms with Crippen molar-refractivity contribution in [3.8, 4) is 0 Å². The van der Waals surface area contributed by atoms with Crippen LogP contribution in [0.4, 0.5) is 0 Å². The van der Waals surface area contributed by atoms with Gasteiger partial charge in [-0.05, 0) is 0 Å². The molecule has 0 fully saturated rings. The molecule has 5 heavy (non-hydrogen) atoms. The van der Waals surface area contributed by atoms with Crippen LogP contribution in [0.3, 0.4) is 0 Å². The van der Waals surface area contributed by atoms with E-state index >= 15 is 0 Å². The third kappa shape index (κ3) is 35.3. The van der Waals surface area contributed by atoms with Crippen LogP contribution in [0, 0.1) is 0 Å². The molecule has 3 heteroatoms. The van der Waals surface area contributed by atoms with Crippen molar-refractivity contribution in [1.29, 1.82) is 0 Å². The van der Waals surface area contributed by atoms with Crippen LogP contribution in [0.2, 0.25) is 0 Å². The summed E-state index contributed by atoms with van der Waals surface area (Å²) in [4.78, 5) is 0. The van der Waals surface area contributed by atoms with E-state index in [-0.39, 0.29) is 12.4 Å². The van der Waals surface area contributed by atoms with E-state index in [1.165, 1.54) is 0 Å². The van der Waals surface area contributed by atoms with Crippen LogP contribution in [0.15, 0.2) is 9.12 Å². The quantitative estimate of drug-likeness (QED) is 0.597. The van der Waals surface area contributed by atoms with E-state index in [9.17, 15) is 0 Å². The average molecular weight is 299 g/mol. The van der Waals surface area contributed by atoms with Crippen molar-refractivity contribution < 1.29 is 26.1 Å². The van der Waals surface area contributed by atoms with Crippen LogP contribution in [0.25, 0.3) is 0 Å². The summed E-state index contributed by atoms with van der Waals surface area (Å²) >= 11 is 5.76. The Bertz CT molecular complexity index is 30.6. The largest absolute Gasteiger partial charge is 0.147 e. The molecular formula is C2H3Cl2Hg. The standard InChI is InChI=1S/C2H2Cl.ClH.Hg/c1-2-3;;/h1H2;1H;. The second-order valence-electron chi connectivity index (χ2n) is 0.517. The fourth-order valence-electron chi connectivity index (χ4n) is 0. The van der Waals surface area contributed by atoms with Crippen molar-refractivity contribution in [2.75, 3.05) is 0 Å². The summed E-state index contributed by atoms with van der Waals surface area (Å²) in [5.74, 6) is 0. The molecule has 0 heterocycles. The van der Waals surface area contributed by atoms with Gasteiger partial charge in [-0.25, -0.2) is 0 Å². The predicted molar refractivity (Wildman–Crippen MR) is 22.2 cm³/mol. The molecule has 0 aromatic rings. The molecule has 0 amide bonds. The third-order valence-electron chi connectivity index (χ3n) is 0. The van der Waals surface area contributed by atoms with E-state index in [4.69, 9.17) is 11.6 Å². The Morgan fingerprint density at radius 3 is 1.80 bits per heavy atom. The van der Waals surface area contributed by atoms with Crippen LogP contribution in [0.1, 0.15) is 0 Å². The molecule has 0 aliphatic carbocycles. The zero-order valence-corrected chi connectivity index (χ0v) is 9.77. The van der Waals surface area contributed by atoms with Gasteiger partial charge in [0.15, 0.2) is 0 Å². The van der Waals surface area contributed by atoms with Crippen LogP contribution >= 0.6 is 24.0 Å². The molecule has 0 aliphatic heterocycles. The number of rotatable bonds is 0. The maximum Gasteiger partial charge on any atom is -0.147 e. The van der Waals surface area contributed by atoms with E-state index in [0.29, 0.717) is 26.1 Å². The summed E-state index contributed by atoms with van der Waals surface area (Å²) in [6, 6.07) is 0. The van der Waals surface area contributed by atoms with Crippen LogP contribution < -0.4 is 0 Å². The summed E-state index contributed by atoms with van der Waals surface area (Å²) in [5.41, 5.74) is 0. The number of halogens is 2. The molecule has 0 bridgehead atoms. The Hall–Kier alpha value is 1.26. The van der Waals surface area contributed by atoms with Gasteiger partial charge < -0.3 is 0 Å². The monoisotopic (exact) mass is 299 g/mol. The van der Waals surface area contributed by atoms with E-state index in [1.54, 1.807) is 0 Å². The first kappa shape index (κ1) is 9.54. The molecule has 0 unspecified atom stereocenters. The number of hydrogen-bond donors (Lipinski definition) is 0. The summed E-state index contributed by atoms with van der Waals surface area (Å²) < 4.78 is 0.833. The van der Waals surface area contributed by atoms with E-state index in [0.717, 1.165) is 2.54 Å². The van der Waals surface area contributed by atoms with Crippen molar-refractivity contribution in [2.45, 2.75) is 0 Å². The summed E-state index contributed by atoms with van der Waals surface area (Å²) in [7, 11) is 0. The number of hydrogen-bond acceptors (Lipinski definition) is 0. The maximum atomic E-state index is 5.17. The summed E-state index contributed by atoms with van der Waals surface area (Å²) in [6.07, 6.45) is 0. The van der Waals surface area contributed by atoms with Gasteiger partial charge >= 0.3 is 46.8 Å². The average Bonchev–Trinajstić information content (AvgIpc) is 0.811.